The number of hydrogen-bond acceptors (Lipinski definition) is 6. The molecule has 31 heavy (non-hydrogen) atoms. The first-order valence-corrected chi connectivity index (χ1v) is 10.6. The standard InChI is InChI=1S/C23H25N3O4S/c1-5-18(29-3)13-19(30-4)7-9-22(28)25-23-24-20(14-31-23)16-6-8-21-17(12-16)10-11-26(21)15(2)27/h5-8,12-14H,1,9-11H2,2-4H3,(H,24,25,28)/b18-13+,19-7+. The van der Waals surface area contributed by atoms with Gasteiger partial charge in [-0.3, -0.25) is 9.59 Å². The number of anilines is 2. The van der Waals surface area contributed by atoms with E-state index < -0.39 is 0 Å². The quantitative estimate of drug-likeness (QED) is 0.490. The Kier molecular flexibility index (Phi) is 7.25. The molecular weight excluding hydrogens is 414 g/mol. The monoisotopic (exact) mass is 439 g/mol. The lowest BCUT2D eigenvalue weighted by atomic mass is 10.1. The molecule has 0 bridgehead atoms. The summed E-state index contributed by atoms with van der Waals surface area (Å²) in [5.74, 6) is 0.894. The van der Waals surface area contributed by atoms with Crippen LogP contribution in [0, 0.1) is 0 Å². The molecule has 7 nitrogen and oxygen atoms in total. The number of fused-ring (bicyclic) bond motifs is 1. The maximum Gasteiger partial charge on any atom is 0.230 e. The fourth-order valence-electron chi connectivity index (χ4n) is 3.26. The molecule has 8 heteroatoms. The van der Waals surface area contributed by atoms with Gasteiger partial charge in [-0.15, -0.1) is 11.3 Å². The predicted molar refractivity (Wildman–Crippen MR) is 123 cm³/mol. The van der Waals surface area contributed by atoms with E-state index in [0.717, 1.165) is 28.9 Å². The van der Waals surface area contributed by atoms with E-state index in [-0.39, 0.29) is 18.2 Å². The second-order valence-corrected chi connectivity index (χ2v) is 7.68. The molecule has 1 aliphatic rings. The number of ether oxygens (including phenoxy) is 2. The van der Waals surface area contributed by atoms with Crippen molar-refractivity contribution >= 4 is 34.0 Å². The van der Waals surface area contributed by atoms with Crippen molar-refractivity contribution < 1.29 is 19.1 Å². The van der Waals surface area contributed by atoms with Crippen LogP contribution < -0.4 is 10.2 Å². The molecule has 1 aliphatic heterocycles. The van der Waals surface area contributed by atoms with Gasteiger partial charge in [-0.2, -0.15) is 0 Å². The number of hydrogen-bond donors (Lipinski definition) is 1. The molecule has 0 atom stereocenters. The van der Waals surface area contributed by atoms with E-state index >= 15 is 0 Å². The van der Waals surface area contributed by atoms with Gasteiger partial charge in [-0.05, 0) is 36.3 Å². The van der Waals surface area contributed by atoms with Gasteiger partial charge in [0.1, 0.15) is 11.5 Å². The molecule has 162 valence electrons. The second kappa shape index (κ2) is 10.1. The van der Waals surface area contributed by atoms with Crippen molar-refractivity contribution in [2.24, 2.45) is 0 Å². The summed E-state index contributed by atoms with van der Waals surface area (Å²) >= 11 is 1.36. The molecule has 1 aromatic carbocycles. The molecule has 1 N–H and O–H groups in total. The zero-order valence-electron chi connectivity index (χ0n) is 17.8. The Balaban J connectivity index is 1.66. The fourth-order valence-corrected chi connectivity index (χ4v) is 3.99. The third-order valence-corrected chi connectivity index (χ3v) is 5.60. The third kappa shape index (κ3) is 5.40. The summed E-state index contributed by atoms with van der Waals surface area (Å²) in [7, 11) is 3.06. The number of nitrogens with one attached hydrogen (secondary N) is 1. The number of carbonyl (C=O) groups is 2. The van der Waals surface area contributed by atoms with Crippen molar-refractivity contribution in [1.82, 2.24) is 4.98 Å². The van der Waals surface area contributed by atoms with E-state index in [1.807, 2.05) is 17.5 Å². The summed E-state index contributed by atoms with van der Waals surface area (Å²) < 4.78 is 10.4. The molecule has 0 aliphatic carbocycles. The number of aromatic nitrogens is 1. The molecular formula is C23H25N3O4S. The van der Waals surface area contributed by atoms with Gasteiger partial charge in [0.15, 0.2) is 5.13 Å². The van der Waals surface area contributed by atoms with E-state index in [0.29, 0.717) is 23.2 Å². The Hall–Kier alpha value is -3.39. The lowest BCUT2D eigenvalue weighted by Gasteiger charge is -2.14. The Morgan fingerprint density at radius 2 is 2.06 bits per heavy atom. The topological polar surface area (TPSA) is 80.8 Å². The van der Waals surface area contributed by atoms with Gasteiger partial charge in [0.2, 0.25) is 11.8 Å². The Bertz CT molecular complexity index is 1050. The van der Waals surface area contributed by atoms with E-state index in [1.54, 1.807) is 30.1 Å². The number of rotatable bonds is 8. The van der Waals surface area contributed by atoms with Crippen molar-refractivity contribution in [3.63, 3.8) is 0 Å². The van der Waals surface area contributed by atoms with Gasteiger partial charge in [-0.1, -0.05) is 12.6 Å². The van der Waals surface area contributed by atoms with Crippen molar-refractivity contribution in [3.05, 3.63) is 65.5 Å². The lowest BCUT2D eigenvalue weighted by Crippen LogP contribution is -2.25. The molecule has 0 unspecified atom stereocenters. The van der Waals surface area contributed by atoms with Crippen LogP contribution in [0.15, 0.2) is 59.9 Å². The highest BCUT2D eigenvalue weighted by Gasteiger charge is 2.22. The third-order valence-electron chi connectivity index (χ3n) is 4.85. The zero-order valence-corrected chi connectivity index (χ0v) is 18.6. The normalized spacial score (nSPS) is 13.6. The van der Waals surface area contributed by atoms with Gasteiger partial charge >= 0.3 is 0 Å². The first-order valence-electron chi connectivity index (χ1n) is 9.74. The SMILES string of the molecule is C=C/C(=C\C(=C/CC(=O)Nc1nc(-c2ccc3c(c2)CCN3C(C)=O)cs1)OC)OC. The highest BCUT2D eigenvalue weighted by atomic mass is 32.1. The number of carbonyl (C=O) groups excluding carboxylic acids is 2. The number of nitrogens with zero attached hydrogens (tertiary/aromatic N) is 2. The van der Waals surface area contributed by atoms with Crippen molar-refractivity contribution in [1.29, 1.82) is 0 Å². The van der Waals surface area contributed by atoms with Crippen LogP contribution in [0.1, 0.15) is 18.9 Å². The Labute approximate surface area is 185 Å². The lowest BCUT2D eigenvalue weighted by molar-refractivity contribution is -0.116. The molecule has 3 rings (SSSR count). The smallest absolute Gasteiger partial charge is 0.230 e. The molecule has 2 amide bonds. The van der Waals surface area contributed by atoms with Crippen LogP contribution in [0.4, 0.5) is 10.8 Å². The second-order valence-electron chi connectivity index (χ2n) is 6.82. The van der Waals surface area contributed by atoms with Gasteiger partial charge in [0, 0.05) is 42.6 Å². The molecule has 0 fully saturated rings. The van der Waals surface area contributed by atoms with Crippen molar-refractivity contribution in [2.45, 2.75) is 19.8 Å². The minimum Gasteiger partial charge on any atom is -0.497 e. The molecule has 2 aromatic rings. The van der Waals surface area contributed by atoms with E-state index in [4.69, 9.17) is 9.47 Å². The van der Waals surface area contributed by atoms with E-state index in [2.05, 4.69) is 22.9 Å². The van der Waals surface area contributed by atoms with Gasteiger partial charge < -0.3 is 19.7 Å². The summed E-state index contributed by atoms with van der Waals surface area (Å²) in [6.07, 6.45) is 5.83. The zero-order chi connectivity index (χ0) is 22.4. The molecule has 0 saturated heterocycles. The average Bonchev–Trinajstić information content (AvgIpc) is 3.40. The maximum absolute atomic E-state index is 12.3. The first kappa shape index (κ1) is 22.3. The van der Waals surface area contributed by atoms with Crippen LogP contribution in [0.5, 0.6) is 0 Å². The molecule has 0 radical (unpaired) electrons. The summed E-state index contributed by atoms with van der Waals surface area (Å²) in [4.78, 5) is 30.3. The van der Waals surface area contributed by atoms with Crippen molar-refractivity contribution in [3.8, 4) is 11.3 Å². The van der Waals surface area contributed by atoms with Crippen LogP contribution in [-0.4, -0.2) is 37.6 Å². The van der Waals surface area contributed by atoms with Gasteiger partial charge in [-0.25, -0.2) is 4.98 Å². The van der Waals surface area contributed by atoms with Crippen LogP contribution in [-0.2, 0) is 25.5 Å². The number of thiazole rings is 1. The van der Waals surface area contributed by atoms with Crippen LogP contribution >= 0.6 is 11.3 Å². The highest BCUT2D eigenvalue weighted by Crippen LogP contribution is 2.33. The summed E-state index contributed by atoms with van der Waals surface area (Å²) in [6.45, 7) is 5.93. The largest absolute Gasteiger partial charge is 0.497 e. The Morgan fingerprint density at radius 3 is 2.74 bits per heavy atom. The number of amides is 2. The number of benzene rings is 1. The van der Waals surface area contributed by atoms with E-state index in [1.165, 1.54) is 25.6 Å². The Morgan fingerprint density at radius 1 is 1.29 bits per heavy atom. The van der Waals surface area contributed by atoms with Crippen LogP contribution in [0.3, 0.4) is 0 Å². The summed E-state index contributed by atoms with van der Waals surface area (Å²) in [5, 5.41) is 5.24. The number of methoxy groups -OCH3 is 2. The molecule has 2 heterocycles. The molecule has 0 saturated carbocycles. The summed E-state index contributed by atoms with van der Waals surface area (Å²) in [5.41, 5.74) is 3.84. The van der Waals surface area contributed by atoms with Gasteiger partial charge in [0.05, 0.1) is 19.9 Å². The summed E-state index contributed by atoms with van der Waals surface area (Å²) in [6, 6.07) is 5.97. The fraction of sp³-hybridized carbons (Fsp3) is 0.261. The average molecular weight is 440 g/mol. The van der Waals surface area contributed by atoms with Crippen molar-refractivity contribution in [2.75, 3.05) is 31.0 Å². The molecule has 1 aromatic heterocycles. The van der Waals surface area contributed by atoms with E-state index in [9.17, 15) is 9.59 Å². The van der Waals surface area contributed by atoms with Gasteiger partial charge in [0.25, 0.3) is 0 Å². The van der Waals surface area contributed by atoms with Crippen LogP contribution in [0.25, 0.3) is 11.3 Å². The first-order chi connectivity index (χ1) is 14.9. The number of allylic oxidation sites excluding steroid dienone is 2. The minimum absolute atomic E-state index is 0.0502. The minimum atomic E-state index is -0.201. The predicted octanol–water partition coefficient (Wildman–Crippen LogP) is 4.29. The van der Waals surface area contributed by atoms with Crippen LogP contribution in [0.2, 0.25) is 0 Å². The maximum atomic E-state index is 12.3. The molecule has 0 spiro atoms. The highest BCUT2D eigenvalue weighted by molar-refractivity contribution is 7.14.